The molecule has 0 atom stereocenters. The van der Waals surface area contributed by atoms with Gasteiger partial charge in [0, 0.05) is 35.4 Å². The van der Waals surface area contributed by atoms with Gasteiger partial charge in [-0.3, -0.25) is 14.5 Å². The molecule has 2 amide bonds. The van der Waals surface area contributed by atoms with Crippen LogP contribution in [0.15, 0.2) is 42.5 Å². The molecular weight excluding hydrogens is 390 g/mol. The fourth-order valence-electron chi connectivity index (χ4n) is 3.40. The highest BCUT2D eigenvalue weighted by Gasteiger charge is 2.23. The molecule has 29 heavy (non-hydrogen) atoms. The minimum absolute atomic E-state index is 0.0609. The third kappa shape index (κ3) is 5.71. The van der Waals surface area contributed by atoms with E-state index in [2.05, 4.69) is 15.5 Å². The van der Waals surface area contributed by atoms with Gasteiger partial charge in [-0.1, -0.05) is 23.7 Å². The predicted octanol–water partition coefficient (Wildman–Crippen LogP) is 3.49. The molecule has 7 heteroatoms. The van der Waals surface area contributed by atoms with Gasteiger partial charge in [0.25, 0.3) is 5.91 Å². The lowest BCUT2D eigenvalue weighted by Crippen LogP contribution is -2.46. The van der Waals surface area contributed by atoms with Gasteiger partial charge in [-0.25, -0.2) is 0 Å². The smallest absolute Gasteiger partial charge is 0.251 e. The molecular formula is C22H26ClN3O3. The molecule has 1 aliphatic heterocycles. The van der Waals surface area contributed by atoms with E-state index in [0.29, 0.717) is 22.9 Å². The predicted molar refractivity (Wildman–Crippen MR) is 115 cm³/mol. The quantitative estimate of drug-likeness (QED) is 0.757. The minimum Gasteiger partial charge on any atom is -0.497 e. The second-order valence-corrected chi connectivity index (χ2v) is 7.62. The van der Waals surface area contributed by atoms with Crippen molar-refractivity contribution in [3.8, 4) is 5.75 Å². The van der Waals surface area contributed by atoms with E-state index in [1.54, 1.807) is 31.4 Å². The number of likely N-dealkylation sites (tertiary alicyclic amines) is 1. The van der Waals surface area contributed by atoms with Crippen molar-refractivity contribution >= 4 is 29.1 Å². The van der Waals surface area contributed by atoms with Crippen LogP contribution >= 0.6 is 11.6 Å². The summed E-state index contributed by atoms with van der Waals surface area (Å²) in [5.41, 5.74) is 2.19. The average molecular weight is 416 g/mol. The number of hydrogen-bond donors (Lipinski definition) is 2. The average Bonchev–Trinajstić information content (AvgIpc) is 2.73. The molecule has 0 bridgehead atoms. The highest BCUT2D eigenvalue weighted by molar-refractivity contribution is 6.31. The van der Waals surface area contributed by atoms with Crippen molar-refractivity contribution in [1.29, 1.82) is 0 Å². The van der Waals surface area contributed by atoms with Crippen LogP contribution in [0.25, 0.3) is 0 Å². The van der Waals surface area contributed by atoms with Crippen LogP contribution in [0, 0.1) is 6.92 Å². The number of anilines is 1. The standard InChI is InChI=1S/C22H26ClN3O3/c1-15-19(23)7-4-8-20(15)25-21(27)14-26-11-9-17(10-12-26)24-22(28)16-5-3-6-18(13-16)29-2/h3-8,13,17H,9-12,14H2,1-2H3,(H,24,28)(H,25,27). The van der Waals surface area contributed by atoms with Crippen molar-refractivity contribution in [2.45, 2.75) is 25.8 Å². The molecule has 0 unspecified atom stereocenters. The molecule has 3 rings (SSSR count). The van der Waals surface area contributed by atoms with Crippen LogP contribution in [0.4, 0.5) is 5.69 Å². The number of carbonyl (C=O) groups is 2. The van der Waals surface area contributed by atoms with Gasteiger partial charge in [-0.15, -0.1) is 0 Å². The molecule has 0 spiro atoms. The number of carbonyl (C=O) groups excluding carboxylic acids is 2. The molecule has 1 heterocycles. The third-order valence-electron chi connectivity index (χ3n) is 5.16. The number of amides is 2. The van der Waals surface area contributed by atoms with Gasteiger partial charge in [0.05, 0.1) is 13.7 Å². The summed E-state index contributed by atoms with van der Waals surface area (Å²) in [6.07, 6.45) is 1.61. The van der Waals surface area contributed by atoms with E-state index < -0.39 is 0 Å². The Morgan fingerprint density at radius 2 is 1.90 bits per heavy atom. The molecule has 0 radical (unpaired) electrons. The maximum atomic E-state index is 12.4. The first-order valence-electron chi connectivity index (χ1n) is 9.68. The number of nitrogens with one attached hydrogen (secondary N) is 2. The second-order valence-electron chi connectivity index (χ2n) is 7.22. The molecule has 0 aliphatic carbocycles. The fraction of sp³-hybridized carbons (Fsp3) is 0.364. The van der Waals surface area contributed by atoms with Gasteiger partial charge in [0.15, 0.2) is 0 Å². The number of rotatable bonds is 6. The number of benzene rings is 2. The molecule has 1 fully saturated rings. The zero-order valence-corrected chi connectivity index (χ0v) is 17.5. The normalized spacial score (nSPS) is 15.0. The van der Waals surface area contributed by atoms with Crippen molar-refractivity contribution < 1.29 is 14.3 Å². The van der Waals surface area contributed by atoms with E-state index in [1.807, 2.05) is 25.1 Å². The Kier molecular flexibility index (Phi) is 7.12. The highest BCUT2D eigenvalue weighted by Crippen LogP contribution is 2.23. The minimum atomic E-state index is -0.100. The number of hydrogen-bond acceptors (Lipinski definition) is 4. The van der Waals surface area contributed by atoms with Gasteiger partial charge in [-0.2, -0.15) is 0 Å². The maximum Gasteiger partial charge on any atom is 0.251 e. The van der Waals surface area contributed by atoms with E-state index in [-0.39, 0.29) is 17.9 Å². The first-order chi connectivity index (χ1) is 14.0. The van der Waals surface area contributed by atoms with E-state index >= 15 is 0 Å². The van der Waals surface area contributed by atoms with E-state index in [4.69, 9.17) is 16.3 Å². The van der Waals surface area contributed by atoms with Crippen LogP contribution in [0.1, 0.15) is 28.8 Å². The summed E-state index contributed by atoms with van der Waals surface area (Å²) in [6.45, 7) is 3.72. The van der Waals surface area contributed by atoms with Crippen LogP contribution in [0.5, 0.6) is 5.75 Å². The van der Waals surface area contributed by atoms with E-state index in [1.165, 1.54) is 0 Å². The Bertz CT molecular complexity index is 879. The van der Waals surface area contributed by atoms with Crippen LogP contribution in [0.3, 0.4) is 0 Å². The van der Waals surface area contributed by atoms with Crippen LogP contribution in [0.2, 0.25) is 5.02 Å². The van der Waals surface area contributed by atoms with E-state index in [9.17, 15) is 9.59 Å². The lowest BCUT2D eigenvalue weighted by molar-refractivity contribution is -0.117. The molecule has 0 aromatic heterocycles. The molecule has 2 aromatic rings. The highest BCUT2D eigenvalue weighted by atomic mass is 35.5. The molecule has 6 nitrogen and oxygen atoms in total. The Balaban J connectivity index is 1.45. The number of methoxy groups -OCH3 is 1. The zero-order chi connectivity index (χ0) is 20.8. The number of ether oxygens (including phenoxy) is 1. The molecule has 2 N–H and O–H groups in total. The summed E-state index contributed by atoms with van der Waals surface area (Å²) in [5.74, 6) is 0.499. The van der Waals surface area contributed by atoms with Gasteiger partial charge in [-0.05, 0) is 55.7 Å². The second kappa shape index (κ2) is 9.76. The summed E-state index contributed by atoms with van der Waals surface area (Å²) in [5, 5.41) is 6.64. The maximum absolute atomic E-state index is 12.4. The van der Waals surface area contributed by atoms with Crippen molar-refractivity contribution in [2.24, 2.45) is 0 Å². The van der Waals surface area contributed by atoms with Crippen molar-refractivity contribution in [1.82, 2.24) is 10.2 Å². The zero-order valence-electron chi connectivity index (χ0n) is 16.7. The van der Waals surface area contributed by atoms with E-state index in [0.717, 1.165) is 37.2 Å². The topological polar surface area (TPSA) is 70.7 Å². The lowest BCUT2D eigenvalue weighted by Gasteiger charge is -2.32. The Hall–Kier alpha value is -2.57. The summed E-state index contributed by atoms with van der Waals surface area (Å²) in [6, 6.07) is 12.7. The molecule has 1 saturated heterocycles. The summed E-state index contributed by atoms with van der Waals surface area (Å²) < 4.78 is 5.17. The fourth-order valence-corrected chi connectivity index (χ4v) is 3.58. The largest absolute Gasteiger partial charge is 0.497 e. The van der Waals surface area contributed by atoms with Gasteiger partial charge in [0.2, 0.25) is 5.91 Å². The number of halogens is 1. The SMILES string of the molecule is COc1cccc(C(=O)NC2CCN(CC(=O)Nc3cccc(Cl)c3C)CC2)c1. The number of piperidine rings is 1. The molecule has 1 aliphatic rings. The molecule has 154 valence electrons. The monoisotopic (exact) mass is 415 g/mol. The molecule has 0 saturated carbocycles. The Labute approximate surface area is 176 Å². The van der Waals surface area contributed by atoms with Crippen molar-refractivity contribution in [3.05, 3.63) is 58.6 Å². The lowest BCUT2D eigenvalue weighted by atomic mass is 10.0. The van der Waals surface area contributed by atoms with Crippen LogP contribution < -0.4 is 15.4 Å². The van der Waals surface area contributed by atoms with Crippen LogP contribution in [-0.4, -0.2) is 49.5 Å². The summed E-state index contributed by atoms with van der Waals surface area (Å²) in [7, 11) is 1.58. The van der Waals surface area contributed by atoms with Crippen molar-refractivity contribution in [3.63, 3.8) is 0 Å². The summed E-state index contributed by atoms with van der Waals surface area (Å²) in [4.78, 5) is 26.9. The van der Waals surface area contributed by atoms with Gasteiger partial charge < -0.3 is 15.4 Å². The Morgan fingerprint density at radius 3 is 2.62 bits per heavy atom. The molecule has 2 aromatic carbocycles. The Morgan fingerprint density at radius 1 is 1.17 bits per heavy atom. The summed E-state index contributed by atoms with van der Waals surface area (Å²) >= 11 is 6.10. The first kappa shape index (κ1) is 21.1. The first-order valence-corrected chi connectivity index (χ1v) is 10.1. The van der Waals surface area contributed by atoms with Gasteiger partial charge >= 0.3 is 0 Å². The van der Waals surface area contributed by atoms with Gasteiger partial charge in [0.1, 0.15) is 5.75 Å². The third-order valence-corrected chi connectivity index (χ3v) is 5.57. The van der Waals surface area contributed by atoms with Crippen molar-refractivity contribution in [2.75, 3.05) is 32.1 Å². The van der Waals surface area contributed by atoms with Crippen LogP contribution in [-0.2, 0) is 4.79 Å². The number of nitrogens with zero attached hydrogens (tertiary/aromatic N) is 1.